The summed E-state index contributed by atoms with van der Waals surface area (Å²) in [5.74, 6) is 1.52. The Hall–Kier alpha value is -1.59. The summed E-state index contributed by atoms with van der Waals surface area (Å²) < 4.78 is 12.6. The van der Waals surface area contributed by atoms with Gasteiger partial charge in [-0.15, -0.1) is 0 Å². The van der Waals surface area contributed by atoms with E-state index >= 15 is 0 Å². The van der Waals surface area contributed by atoms with E-state index in [2.05, 4.69) is 58.7 Å². The monoisotopic (exact) mass is 380 g/mol. The van der Waals surface area contributed by atoms with E-state index in [1.54, 1.807) is 0 Å². The van der Waals surface area contributed by atoms with Gasteiger partial charge in [0.15, 0.2) is 0 Å². The molecule has 2 heterocycles. The third-order valence-electron chi connectivity index (χ3n) is 6.97. The number of hydrogen-bond acceptors (Lipinski definition) is 3. The molecule has 4 nitrogen and oxygen atoms in total. The van der Waals surface area contributed by atoms with E-state index in [1.165, 1.54) is 47.1 Å². The highest BCUT2D eigenvalue weighted by molar-refractivity contribution is 6.62. The van der Waals surface area contributed by atoms with Crippen molar-refractivity contribution in [3.63, 3.8) is 0 Å². The summed E-state index contributed by atoms with van der Waals surface area (Å²) >= 11 is 0. The van der Waals surface area contributed by atoms with Crippen LogP contribution in [0.2, 0.25) is 0 Å². The number of rotatable bonds is 6. The quantitative estimate of drug-likeness (QED) is 0.735. The lowest BCUT2D eigenvalue weighted by molar-refractivity contribution is 0.00578. The molecule has 150 valence electrons. The molecule has 1 aliphatic heterocycles. The summed E-state index contributed by atoms with van der Waals surface area (Å²) in [4.78, 5) is 8.29. The van der Waals surface area contributed by atoms with Crippen molar-refractivity contribution < 1.29 is 9.31 Å². The first-order valence-corrected chi connectivity index (χ1v) is 10.8. The van der Waals surface area contributed by atoms with Crippen molar-refractivity contribution in [1.29, 1.82) is 0 Å². The van der Waals surface area contributed by atoms with Crippen molar-refractivity contribution in [1.82, 2.24) is 9.97 Å². The molecule has 0 saturated carbocycles. The normalized spacial score (nSPS) is 20.7. The number of hydrogen-bond donors (Lipinski definition) is 1. The minimum absolute atomic E-state index is 0.283. The number of benzene rings is 1. The average Bonchev–Trinajstić information content (AvgIpc) is 3.16. The highest BCUT2D eigenvalue weighted by Gasteiger charge is 2.52. The first kappa shape index (κ1) is 19.7. The molecule has 0 spiro atoms. The maximum absolute atomic E-state index is 6.29. The maximum atomic E-state index is 6.29. The molecule has 1 aromatic heterocycles. The van der Waals surface area contributed by atoms with Gasteiger partial charge in [0, 0.05) is 17.5 Å². The van der Waals surface area contributed by atoms with E-state index in [0.717, 1.165) is 18.7 Å². The van der Waals surface area contributed by atoms with Crippen LogP contribution in [0.3, 0.4) is 0 Å². The molecule has 1 aliphatic carbocycles. The van der Waals surface area contributed by atoms with Crippen LogP contribution in [-0.4, -0.2) is 28.3 Å². The van der Waals surface area contributed by atoms with Gasteiger partial charge in [0.05, 0.1) is 11.2 Å². The van der Waals surface area contributed by atoms with Gasteiger partial charge >= 0.3 is 7.12 Å². The fraction of sp³-hybridized carbons (Fsp3) is 0.609. The van der Waals surface area contributed by atoms with Crippen molar-refractivity contribution in [3.8, 4) is 11.4 Å². The Kier molecular flexibility index (Phi) is 4.95. The van der Waals surface area contributed by atoms with Gasteiger partial charge < -0.3 is 14.3 Å². The first-order valence-electron chi connectivity index (χ1n) is 10.8. The van der Waals surface area contributed by atoms with Crippen LogP contribution < -0.4 is 5.46 Å². The van der Waals surface area contributed by atoms with Crippen molar-refractivity contribution in [2.24, 2.45) is 0 Å². The van der Waals surface area contributed by atoms with Gasteiger partial charge in [0.25, 0.3) is 0 Å². The van der Waals surface area contributed by atoms with Gasteiger partial charge in [0.1, 0.15) is 5.82 Å². The molecule has 1 fully saturated rings. The number of fused-ring (bicyclic) bond motifs is 1. The molecule has 2 aliphatic rings. The van der Waals surface area contributed by atoms with Crippen LogP contribution in [0.1, 0.15) is 83.5 Å². The lowest BCUT2D eigenvalue weighted by Gasteiger charge is -2.32. The van der Waals surface area contributed by atoms with Crippen molar-refractivity contribution >= 4 is 12.6 Å². The predicted octanol–water partition coefficient (Wildman–Crippen LogP) is 4.77. The third-order valence-corrected chi connectivity index (χ3v) is 6.97. The summed E-state index contributed by atoms with van der Waals surface area (Å²) in [5.41, 5.74) is 5.82. The fourth-order valence-corrected chi connectivity index (χ4v) is 4.17. The summed E-state index contributed by atoms with van der Waals surface area (Å²) in [6.07, 6.45) is 7.90. The van der Waals surface area contributed by atoms with E-state index in [1.807, 2.05) is 6.20 Å². The smallest absolute Gasteiger partial charge is 0.399 e. The second-order valence-electron chi connectivity index (χ2n) is 9.48. The zero-order valence-corrected chi connectivity index (χ0v) is 18.2. The topological polar surface area (TPSA) is 47.1 Å². The van der Waals surface area contributed by atoms with Gasteiger partial charge in [0.2, 0.25) is 0 Å². The second-order valence-corrected chi connectivity index (χ2v) is 9.48. The Morgan fingerprint density at radius 2 is 1.79 bits per heavy atom. The van der Waals surface area contributed by atoms with Gasteiger partial charge in [-0.2, -0.15) is 0 Å². The first-order chi connectivity index (χ1) is 13.2. The van der Waals surface area contributed by atoms with Crippen molar-refractivity contribution in [2.45, 2.75) is 90.8 Å². The molecule has 0 bridgehead atoms. The highest BCUT2D eigenvalue weighted by atomic mass is 16.7. The number of nitrogens with zero attached hydrogens (tertiary/aromatic N) is 1. The van der Waals surface area contributed by atoms with Crippen LogP contribution in [0, 0.1) is 0 Å². The van der Waals surface area contributed by atoms with Crippen LogP contribution >= 0.6 is 0 Å². The number of imidazole rings is 1. The zero-order chi connectivity index (χ0) is 20.1. The van der Waals surface area contributed by atoms with Crippen LogP contribution in [0.25, 0.3) is 11.4 Å². The Labute approximate surface area is 169 Å². The van der Waals surface area contributed by atoms with E-state index in [-0.39, 0.29) is 18.3 Å². The molecular formula is C23H33BN2O2. The molecule has 0 radical (unpaired) electrons. The Bertz CT molecular complexity index is 855. The van der Waals surface area contributed by atoms with Gasteiger partial charge in [-0.05, 0) is 69.5 Å². The standard InChI is InChI=1S/C23H33BN2O2/c1-7-8-9-15(2)20-14-25-21(26-20)18-12-13-19(17-11-10-16(17)18)24-27-22(3,4)23(5,6)28-24/h12-15H,7-11H2,1-6H3,(H,25,26). The number of aromatic amines is 1. The SMILES string of the molecule is CCCCC(C)c1cnc(-c2ccc(B3OC(C)(C)C(C)(C)O3)c3c2CC3)[nH]1. The maximum Gasteiger partial charge on any atom is 0.495 e. The third kappa shape index (κ3) is 3.23. The lowest BCUT2D eigenvalue weighted by atomic mass is 9.68. The largest absolute Gasteiger partial charge is 0.495 e. The summed E-state index contributed by atoms with van der Waals surface area (Å²) in [5, 5.41) is 0. The van der Waals surface area contributed by atoms with Crippen LogP contribution in [0.4, 0.5) is 0 Å². The van der Waals surface area contributed by atoms with E-state index in [4.69, 9.17) is 14.3 Å². The van der Waals surface area contributed by atoms with Crippen molar-refractivity contribution in [2.75, 3.05) is 0 Å². The molecule has 0 amide bonds. The number of aromatic nitrogens is 2. The second kappa shape index (κ2) is 7.03. The summed E-state index contributed by atoms with van der Waals surface area (Å²) in [7, 11) is -0.283. The fourth-order valence-electron chi connectivity index (χ4n) is 4.17. The molecule has 2 aromatic rings. The van der Waals surface area contributed by atoms with Crippen LogP contribution in [0.15, 0.2) is 18.3 Å². The molecule has 28 heavy (non-hydrogen) atoms. The van der Waals surface area contributed by atoms with Gasteiger partial charge in [-0.3, -0.25) is 0 Å². The van der Waals surface area contributed by atoms with Crippen LogP contribution in [-0.2, 0) is 22.2 Å². The van der Waals surface area contributed by atoms with E-state index in [0.29, 0.717) is 5.92 Å². The summed E-state index contributed by atoms with van der Waals surface area (Å²) in [6, 6.07) is 4.37. The van der Waals surface area contributed by atoms with Crippen LogP contribution in [0.5, 0.6) is 0 Å². The van der Waals surface area contributed by atoms with Gasteiger partial charge in [-0.25, -0.2) is 4.98 Å². The summed E-state index contributed by atoms with van der Waals surface area (Å²) in [6.45, 7) is 13.0. The minimum atomic E-state index is -0.308. The molecule has 1 atom stereocenters. The number of unbranched alkanes of at least 4 members (excludes halogenated alkanes) is 1. The average molecular weight is 380 g/mol. The Morgan fingerprint density at radius 1 is 1.11 bits per heavy atom. The molecule has 5 heteroatoms. The minimum Gasteiger partial charge on any atom is -0.399 e. The molecule has 1 saturated heterocycles. The van der Waals surface area contributed by atoms with Gasteiger partial charge in [-0.1, -0.05) is 38.8 Å². The molecule has 4 rings (SSSR count). The molecule has 1 N–H and O–H groups in total. The Balaban J connectivity index is 1.60. The molecular weight excluding hydrogens is 347 g/mol. The van der Waals surface area contributed by atoms with E-state index < -0.39 is 0 Å². The molecule has 1 aromatic carbocycles. The number of H-pyrrole nitrogens is 1. The predicted molar refractivity (Wildman–Crippen MR) is 115 cm³/mol. The van der Waals surface area contributed by atoms with E-state index in [9.17, 15) is 0 Å². The lowest BCUT2D eigenvalue weighted by Crippen LogP contribution is -2.41. The highest BCUT2D eigenvalue weighted by Crippen LogP contribution is 2.39. The molecule has 1 unspecified atom stereocenters. The Morgan fingerprint density at radius 3 is 2.39 bits per heavy atom. The van der Waals surface area contributed by atoms with Crippen molar-refractivity contribution in [3.05, 3.63) is 35.2 Å². The zero-order valence-electron chi connectivity index (χ0n) is 18.2. The number of nitrogens with one attached hydrogen (secondary N) is 1.